The van der Waals surface area contributed by atoms with Gasteiger partial charge in [0.2, 0.25) is 0 Å². The second-order valence-corrected chi connectivity index (χ2v) is 9.60. The van der Waals surface area contributed by atoms with Crippen LogP contribution >= 0.6 is 23.1 Å². The van der Waals surface area contributed by atoms with E-state index >= 15 is 0 Å². The van der Waals surface area contributed by atoms with Crippen molar-refractivity contribution >= 4 is 33.3 Å². The first-order chi connectivity index (χ1) is 14.1. The Morgan fingerprint density at radius 2 is 2.00 bits per heavy atom. The van der Waals surface area contributed by atoms with E-state index in [1.807, 2.05) is 31.2 Å². The van der Waals surface area contributed by atoms with Crippen LogP contribution in [0, 0.1) is 6.92 Å². The van der Waals surface area contributed by atoms with E-state index in [0.717, 1.165) is 41.0 Å². The number of rotatable bonds is 4. The van der Waals surface area contributed by atoms with Gasteiger partial charge in [-0.15, -0.1) is 11.3 Å². The van der Waals surface area contributed by atoms with Crippen molar-refractivity contribution in [2.45, 2.75) is 31.3 Å². The zero-order valence-corrected chi connectivity index (χ0v) is 18.1. The molecule has 2 aliphatic rings. The van der Waals surface area contributed by atoms with Gasteiger partial charge >= 0.3 is 0 Å². The molecule has 29 heavy (non-hydrogen) atoms. The van der Waals surface area contributed by atoms with Gasteiger partial charge in [-0.25, -0.2) is 4.98 Å². The summed E-state index contributed by atoms with van der Waals surface area (Å²) in [4.78, 5) is 23.0. The van der Waals surface area contributed by atoms with Gasteiger partial charge in [0.25, 0.3) is 5.56 Å². The molecule has 0 atom stereocenters. The molecule has 152 valence electrons. The molecule has 3 aromatic rings. The minimum atomic E-state index is -0.246. The Morgan fingerprint density at radius 1 is 1.24 bits per heavy atom. The fourth-order valence-corrected chi connectivity index (χ4v) is 6.12. The van der Waals surface area contributed by atoms with E-state index < -0.39 is 0 Å². The molecule has 0 aliphatic carbocycles. The summed E-state index contributed by atoms with van der Waals surface area (Å²) in [6.45, 7) is 5.13. The fraction of sp³-hybridized carbons (Fsp3) is 0.429. The monoisotopic (exact) mass is 429 g/mol. The van der Waals surface area contributed by atoms with E-state index in [1.54, 1.807) is 15.9 Å². The van der Waals surface area contributed by atoms with Crippen LogP contribution in [0.2, 0.25) is 0 Å². The molecule has 0 radical (unpaired) electrons. The Bertz CT molecular complexity index is 1100. The Hall–Kier alpha value is -1.71. The zero-order valence-electron chi connectivity index (χ0n) is 16.5. The standard InChI is InChI=1S/C21H23N3O3S2/c1-13-3-5-14(6-4-13)24-20(25)18-15-7-8-23(2)11-16(15)29-19(18)22-21(24)28-12-17-26-9-10-27-17/h3-6,17H,7-12H2,1-2H3. The molecule has 0 spiro atoms. The van der Waals surface area contributed by atoms with Crippen molar-refractivity contribution in [1.29, 1.82) is 0 Å². The predicted octanol–water partition coefficient (Wildman–Crippen LogP) is 3.21. The molecule has 5 rings (SSSR count). The van der Waals surface area contributed by atoms with Crippen LogP contribution in [0.1, 0.15) is 16.0 Å². The van der Waals surface area contributed by atoms with Gasteiger partial charge in [-0.1, -0.05) is 29.5 Å². The first-order valence-corrected chi connectivity index (χ1v) is 11.6. The molecule has 0 unspecified atom stereocenters. The maximum absolute atomic E-state index is 13.7. The zero-order chi connectivity index (χ0) is 20.0. The second-order valence-electron chi connectivity index (χ2n) is 7.52. The Labute approximate surface area is 177 Å². The number of likely N-dealkylation sites (N-methyl/N-ethyl adjacent to an activating group) is 1. The summed E-state index contributed by atoms with van der Waals surface area (Å²) in [7, 11) is 2.12. The Balaban J connectivity index is 1.65. The van der Waals surface area contributed by atoms with Crippen molar-refractivity contribution in [3.63, 3.8) is 0 Å². The molecule has 6 nitrogen and oxygen atoms in total. The van der Waals surface area contributed by atoms with Crippen LogP contribution in [0.15, 0.2) is 34.2 Å². The highest BCUT2D eigenvalue weighted by Crippen LogP contribution is 2.34. The van der Waals surface area contributed by atoms with Crippen LogP contribution in [-0.4, -0.2) is 53.3 Å². The topological polar surface area (TPSA) is 56.6 Å². The minimum Gasteiger partial charge on any atom is -0.349 e. The third-order valence-electron chi connectivity index (χ3n) is 5.37. The number of thioether (sulfide) groups is 1. The molecule has 2 aromatic heterocycles. The molecular weight excluding hydrogens is 406 g/mol. The highest BCUT2D eigenvalue weighted by molar-refractivity contribution is 7.99. The van der Waals surface area contributed by atoms with Crippen molar-refractivity contribution in [3.05, 3.63) is 50.6 Å². The van der Waals surface area contributed by atoms with Crippen LogP contribution < -0.4 is 5.56 Å². The summed E-state index contributed by atoms with van der Waals surface area (Å²) in [6.07, 6.45) is 0.650. The molecule has 2 aliphatic heterocycles. The van der Waals surface area contributed by atoms with E-state index in [2.05, 4.69) is 11.9 Å². The second kappa shape index (κ2) is 7.85. The number of hydrogen-bond donors (Lipinski definition) is 0. The third kappa shape index (κ3) is 3.64. The lowest BCUT2D eigenvalue weighted by molar-refractivity contribution is -0.0215. The largest absolute Gasteiger partial charge is 0.349 e. The summed E-state index contributed by atoms with van der Waals surface area (Å²) >= 11 is 3.17. The SMILES string of the molecule is Cc1ccc(-n2c(SCC3OCCO3)nc3sc4c(c3c2=O)CCN(C)C4)cc1. The molecule has 1 fully saturated rings. The number of fused-ring (bicyclic) bond motifs is 3. The predicted molar refractivity (Wildman–Crippen MR) is 116 cm³/mol. The minimum absolute atomic E-state index is 0.0247. The van der Waals surface area contributed by atoms with Gasteiger partial charge in [0.05, 0.1) is 30.0 Å². The van der Waals surface area contributed by atoms with Gasteiger partial charge in [-0.3, -0.25) is 9.36 Å². The number of ether oxygens (including phenoxy) is 2. The number of aryl methyl sites for hydroxylation is 1. The van der Waals surface area contributed by atoms with Crippen molar-refractivity contribution < 1.29 is 9.47 Å². The van der Waals surface area contributed by atoms with Crippen LogP contribution in [0.4, 0.5) is 0 Å². The third-order valence-corrected chi connectivity index (χ3v) is 7.45. The first-order valence-electron chi connectivity index (χ1n) is 9.79. The van der Waals surface area contributed by atoms with E-state index in [0.29, 0.717) is 24.1 Å². The Morgan fingerprint density at radius 3 is 2.76 bits per heavy atom. The van der Waals surface area contributed by atoms with Gasteiger partial charge in [-0.2, -0.15) is 0 Å². The van der Waals surface area contributed by atoms with E-state index in [4.69, 9.17) is 14.5 Å². The van der Waals surface area contributed by atoms with E-state index in [1.165, 1.54) is 22.2 Å². The van der Waals surface area contributed by atoms with Crippen molar-refractivity contribution in [1.82, 2.24) is 14.5 Å². The number of nitrogens with zero attached hydrogens (tertiary/aromatic N) is 3. The lowest BCUT2D eigenvalue weighted by Gasteiger charge is -2.21. The average Bonchev–Trinajstić information content (AvgIpc) is 3.34. The van der Waals surface area contributed by atoms with Crippen molar-refractivity contribution in [2.24, 2.45) is 0 Å². The number of aromatic nitrogens is 2. The normalized spacial score (nSPS) is 17.9. The molecule has 0 amide bonds. The molecule has 0 bridgehead atoms. The quantitative estimate of drug-likeness (QED) is 0.469. The molecule has 0 N–H and O–H groups in total. The molecule has 4 heterocycles. The summed E-state index contributed by atoms with van der Waals surface area (Å²) in [6, 6.07) is 8.04. The van der Waals surface area contributed by atoms with Gasteiger partial charge in [0.1, 0.15) is 4.83 Å². The maximum atomic E-state index is 13.7. The molecule has 1 aromatic carbocycles. The Kier molecular flexibility index (Phi) is 5.21. The smallest absolute Gasteiger partial charge is 0.267 e. The van der Waals surface area contributed by atoms with Gasteiger partial charge in [-0.05, 0) is 38.1 Å². The van der Waals surface area contributed by atoms with Gasteiger partial charge in [0, 0.05) is 18.0 Å². The summed E-state index contributed by atoms with van der Waals surface area (Å²) in [5, 5.41) is 1.48. The van der Waals surface area contributed by atoms with Crippen molar-refractivity contribution in [2.75, 3.05) is 32.6 Å². The lowest BCUT2D eigenvalue weighted by atomic mass is 10.1. The van der Waals surface area contributed by atoms with Crippen LogP contribution in [0.25, 0.3) is 15.9 Å². The summed E-state index contributed by atoms with van der Waals surface area (Å²) < 4.78 is 12.9. The number of hydrogen-bond acceptors (Lipinski definition) is 7. The maximum Gasteiger partial charge on any atom is 0.267 e. The molecule has 0 saturated carbocycles. The molecular formula is C21H23N3O3S2. The molecule has 8 heteroatoms. The summed E-state index contributed by atoms with van der Waals surface area (Å²) in [5.74, 6) is 0.609. The van der Waals surface area contributed by atoms with Gasteiger partial charge < -0.3 is 14.4 Å². The highest BCUT2D eigenvalue weighted by atomic mass is 32.2. The van der Waals surface area contributed by atoms with Crippen LogP contribution in [0.5, 0.6) is 0 Å². The van der Waals surface area contributed by atoms with Crippen LogP contribution in [0.3, 0.4) is 0 Å². The van der Waals surface area contributed by atoms with E-state index in [-0.39, 0.29) is 11.8 Å². The first kappa shape index (κ1) is 19.3. The average molecular weight is 430 g/mol. The van der Waals surface area contributed by atoms with Crippen LogP contribution in [-0.2, 0) is 22.4 Å². The number of thiophene rings is 1. The summed E-state index contributed by atoms with van der Waals surface area (Å²) in [5.41, 5.74) is 3.21. The van der Waals surface area contributed by atoms with Gasteiger partial charge in [0.15, 0.2) is 11.4 Å². The fourth-order valence-electron chi connectivity index (χ4n) is 3.82. The van der Waals surface area contributed by atoms with Crippen molar-refractivity contribution in [3.8, 4) is 5.69 Å². The van der Waals surface area contributed by atoms with E-state index in [9.17, 15) is 4.79 Å². The lowest BCUT2D eigenvalue weighted by Crippen LogP contribution is -2.27. The number of benzene rings is 1. The highest BCUT2D eigenvalue weighted by Gasteiger charge is 2.25. The molecule has 1 saturated heterocycles.